The van der Waals surface area contributed by atoms with Crippen LogP contribution in [0.15, 0.2) is 30.3 Å². The molecule has 0 aromatic heterocycles. The van der Waals surface area contributed by atoms with Crippen LogP contribution in [-0.4, -0.2) is 43.7 Å². The van der Waals surface area contributed by atoms with Crippen molar-refractivity contribution in [3.8, 4) is 5.75 Å². The maximum atomic E-state index is 5.77. The first-order valence-corrected chi connectivity index (χ1v) is 7.93. The Bertz CT molecular complexity index is 361. The van der Waals surface area contributed by atoms with Gasteiger partial charge < -0.3 is 10.1 Å². The molecule has 3 nitrogen and oxygen atoms in total. The van der Waals surface area contributed by atoms with Crippen LogP contribution < -0.4 is 10.1 Å². The van der Waals surface area contributed by atoms with Crippen molar-refractivity contribution in [3.63, 3.8) is 0 Å². The van der Waals surface area contributed by atoms with Gasteiger partial charge in [0.05, 0.1) is 0 Å². The van der Waals surface area contributed by atoms with Gasteiger partial charge in [0.2, 0.25) is 0 Å². The molecule has 3 heteroatoms. The zero-order chi connectivity index (χ0) is 14.2. The average molecular weight is 276 g/mol. The minimum absolute atomic E-state index is 0.655. The lowest BCUT2D eigenvalue weighted by atomic mass is 9.90. The molecule has 1 aromatic carbocycles. The predicted octanol–water partition coefficient (Wildman–Crippen LogP) is 2.78. The van der Waals surface area contributed by atoms with Crippen molar-refractivity contribution < 1.29 is 4.74 Å². The molecule has 1 N–H and O–H groups in total. The summed E-state index contributed by atoms with van der Waals surface area (Å²) in [4.78, 5) is 2.53. The summed E-state index contributed by atoms with van der Waals surface area (Å²) in [6, 6.07) is 10.7. The fourth-order valence-corrected chi connectivity index (χ4v) is 2.97. The van der Waals surface area contributed by atoms with Crippen LogP contribution in [0.5, 0.6) is 5.75 Å². The Morgan fingerprint density at radius 1 is 1.25 bits per heavy atom. The molecule has 0 bridgehead atoms. The van der Waals surface area contributed by atoms with E-state index in [1.807, 2.05) is 30.3 Å². The largest absolute Gasteiger partial charge is 0.492 e. The normalized spacial score (nSPS) is 18.9. The summed E-state index contributed by atoms with van der Waals surface area (Å²) in [6.45, 7) is 9.83. The number of piperidine rings is 1. The van der Waals surface area contributed by atoms with E-state index >= 15 is 0 Å². The first-order valence-electron chi connectivity index (χ1n) is 7.93. The molecule has 112 valence electrons. The number of nitrogens with one attached hydrogen (secondary N) is 1. The van der Waals surface area contributed by atoms with E-state index < -0.39 is 0 Å². The van der Waals surface area contributed by atoms with E-state index in [-0.39, 0.29) is 0 Å². The summed E-state index contributed by atoms with van der Waals surface area (Å²) in [5.41, 5.74) is 0. The van der Waals surface area contributed by atoms with Gasteiger partial charge in [-0.25, -0.2) is 0 Å². The lowest BCUT2D eigenvalue weighted by Gasteiger charge is -2.35. The van der Waals surface area contributed by atoms with Gasteiger partial charge in [-0.2, -0.15) is 0 Å². The van der Waals surface area contributed by atoms with Crippen LogP contribution >= 0.6 is 0 Å². The van der Waals surface area contributed by atoms with Crippen LogP contribution in [0.3, 0.4) is 0 Å². The maximum Gasteiger partial charge on any atom is 0.119 e. The monoisotopic (exact) mass is 276 g/mol. The van der Waals surface area contributed by atoms with Crippen molar-refractivity contribution in [1.82, 2.24) is 10.2 Å². The standard InChI is InChI=1S/C17H28N2O/c1-3-18-15(2)16-9-11-19(12-10-16)13-14-20-17-7-5-4-6-8-17/h4-8,15-16,18H,3,9-14H2,1-2H3. The summed E-state index contributed by atoms with van der Waals surface area (Å²) in [5.74, 6) is 1.81. The van der Waals surface area contributed by atoms with Crippen LogP contribution in [0.2, 0.25) is 0 Å². The Morgan fingerprint density at radius 3 is 2.60 bits per heavy atom. The van der Waals surface area contributed by atoms with Crippen molar-refractivity contribution in [2.75, 3.05) is 32.8 Å². The maximum absolute atomic E-state index is 5.77. The summed E-state index contributed by atoms with van der Waals surface area (Å²) < 4.78 is 5.77. The molecule has 1 saturated heterocycles. The number of hydrogen-bond donors (Lipinski definition) is 1. The second kappa shape index (κ2) is 8.28. The third-order valence-electron chi connectivity index (χ3n) is 4.28. The van der Waals surface area contributed by atoms with E-state index in [1.165, 1.54) is 25.9 Å². The molecule has 0 aliphatic carbocycles. The molecule has 1 atom stereocenters. The topological polar surface area (TPSA) is 24.5 Å². The molecule has 0 saturated carbocycles. The van der Waals surface area contributed by atoms with Crippen molar-refractivity contribution in [1.29, 1.82) is 0 Å². The highest BCUT2D eigenvalue weighted by Crippen LogP contribution is 2.20. The van der Waals surface area contributed by atoms with Crippen LogP contribution in [-0.2, 0) is 0 Å². The van der Waals surface area contributed by atoms with E-state index in [4.69, 9.17) is 4.74 Å². The molecular formula is C17H28N2O. The van der Waals surface area contributed by atoms with Gasteiger partial charge in [-0.3, -0.25) is 4.90 Å². The van der Waals surface area contributed by atoms with Gasteiger partial charge in [-0.1, -0.05) is 25.1 Å². The summed E-state index contributed by atoms with van der Waals surface area (Å²) >= 11 is 0. The van der Waals surface area contributed by atoms with Crippen LogP contribution in [0.25, 0.3) is 0 Å². The molecule has 1 fully saturated rings. The molecule has 0 amide bonds. The number of ether oxygens (including phenoxy) is 1. The smallest absolute Gasteiger partial charge is 0.119 e. The predicted molar refractivity (Wildman–Crippen MR) is 84.2 cm³/mol. The molecule has 1 heterocycles. The molecule has 1 aliphatic rings. The molecule has 1 unspecified atom stereocenters. The molecule has 2 rings (SSSR count). The number of para-hydroxylation sites is 1. The Labute approximate surface area is 123 Å². The number of likely N-dealkylation sites (tertiary alicyclic amines) is 1. The van der Waals surface area contributed by atoms with E-state index in [2.05, 4.69) is 24.1 Å². The van der Waals surface area contributed by atoms with Gasteiger partial charge in [0, 0.05) is 12.6 Å². The first kappa shape index (κ1) is 15.3. The van der Waals surface area contributed by atoms with E-state index in [9.17, 15) is 0 Å². The van der Waals surface area contributed by atoms with Gasteiger partial charge in [-0.05, 0) is 57.5 Å². The fraction of sp³-hybridized carbons (Fsp3) is 0.647. The molecular weight excluding hydrogens is 248 g/mol. The summed E-state index contributed by atoms with van der Waals surface area (Å²) in [6.07, 6.45) is 2.61. The number of benzene rings is 1. The van der Waals surface area contributed by atoms with Crippen molar-refractivity contribution in [2.24, 2.45) is 5.92 Å². The Kier molecular flexibility index (Phi) is 6.34. The average Bonchev–Trinajstić information content (AvgIpc) is 2.49. The lowest BCUT2D eigenvalue weighted by molar-refractivity contribution is 0.141. The number of hydrogen-bond acceptors (Lipinski definition) is 3. The molecule has 0 spiro atoms. The Balaban J connectivity index is 1.62. The van der Waals surface area contributed by atoms with Gasteiger partial charge in [0.25, 0.3) is 0 Å². The van der Waals surface area contributed by atoms with Gasteiger partial charge in [0.1, 0.15) is 12.4 Å². The van der Waals surface area contributed by atoms with Crippen molar-refractivity contribution in [3.05, 3.63) is 30.3 Å². The highest BCUT2D eigenvalue weighted by atomic mass is 16.5. The number of rotatable bonds is 7. The van der Waals surface area contributed by atoms with E-state index in [0.29, 0.717) is 6.04 Å². The zero-order valence-electron chi connectivity index (χ0n) is 12.8. The Morgan fingerprint density at radius 2 is 1.95 bits per heavy atom. The SMILES string of the molecule is CCNC(C)C1CCN(CCOc2ccccc2)CC1. The minimum atomic E-state index is 0.655. The zero-order valence-corrected chi connectivity index (χ0v) is 12.8. The number of nitrogens with zero attached hydrogens (tertiary/aromatic N) is 1. The second-order valence-corrected chi connectivity index (χ2v) is 5.69. The van der Waals surface area contributed by atoms with Crippen molar-refractivity contribution >= 4 is 0 Å². The van der Waals surface area contributed by atoms with Gasteiger partial charge in [0.15, 0.2) is 0 Å². The highest BCUT2D eigenvalue weighted by molar-refractivity contribution is 5.20. The second-order valence-electron chi connectivity index (χ2n) is 5.69. The van der Waals surface area contributed by atoms with Crippen LogP contribution in [0.4, 0.5) is 0 Å². The third-order valence-corrected chi connectivity index (χ3v) is 4.28. The van der Waals surface area contributed by atoms with Gasteiger partial charge >= 0.3 is 0 Å². The summed E-state index contributed by atoms with van der Waals surface area (Å²) in [7, 11) is 0. The molecule has 1 aromatic rings. The minimum Gasteiger partial charge on any atom is -0.492 e. The van der Waals surface area contributed by atoms with E-state index in [0.717, 1.165) is 31.4 Å². The summed E-state index contributed by atoms with van der Waals surface area (Å²) in [5, 5.41) is 3.55. The Hall–Kier alpha value is -1.06. The van der Waals surface area contributed by atoms with Crippen LogP contribution in [0, 0.1) is 5.92 Å². The highest BCUT2D eigenvalue weighted by Gasteiger charge is 2.22. The van der Waals surface area contributed by atoms with Crippen molar-refractivity contribution in [2.45, 2.75) is 32.7 Å². The fourth-order valence-electron chi connectivity index (χ4n) is 2.97. The quantitative estimate of drug-likeness (QED) is 0.829. The molecule has 1 aliphatic heterocycles. The molecule has 20 heavy (non-hydrogen) atoms. The third kappa shape index (κ3) is 4.80. The van der Waals surface area contributed by atoms with E-state index in [1.54, 1.807) is 0 Å². The van der Waals surface area contributed by atoms with Gasteiger partial charge in [-0.15, -0.1) is 0 Å². The van der Waals surface area contributed by atoms with Crippen LogP contribution in [0.1, 0.15) is 26.7 Å². The molecule has 0 radical (unpaired) electrons. The lowest BCUT2D eigenvalue weighted by Crippen LogP contribution is -2.43. The first-order chi connectivity index (χ1) is 9.79.